The molecule has 0 fully saturated rings. The Kier molecular flexibility index (Phi) is 6.57. The molecule has 2 N–H and O–H groups in total. The maximum absolute atomic E-state index is 11.5. The molecule has 0 heterocycles. The van der Waals surface area contributed by atoms with Gasteiger partial charge in [0.15, 0.2) is 0 Å². The summed E-state index contributed by atoms with van der Waals surface area (Å²) in [5.74, 6) is 0.724. The third kappa shape index (κ3) is 7.37. The van der Waals surface area contributed by atoms with E-state index >= 15 is 0 Å². The minimum atomic E-state index is 0.126. The lowest BCUT2D eigenvalue weighted by molar-refractivity contribution is -0.122. The van der Waals surface area contributed by atoms with Gasteiger partial charge in [0.25, 0.3) is 0 Å². The molecule has 0 saturated carbocycles. The largest absolute Gasteiger partial charge is 0.354 e. The van der Waals surface area contributed by atoms with Gasteiger partial charge in [0.1, 0.15) is 0 Å². The Morgan fingerprint density at radius 1 is 1.07 bits per heavy atom. The molecule has 0 radical (unpaired) electrons. The van der Waals surface area contributed by atoms with Gasteiger partial charge in [-0.2, -0.15) is 0 Å². The van der Waals surface area contributed by atoms with Crippen LogP contribution in [0.5, 0.6) is 0 Å². The van der Waals surface area contributed by atoms with Gasteiger partial charge in [-0.15, -0.1) is 0 Å². The van der Waals surface area contributed by atoms with E-state index in [9.17, 15) is 4.79 Å². The van der Waals surface area contributed by atoms with E-state index in [4.69, 9.17) is 0 Å². The lowest BCUT2D eigenvalue weighted by Crippen LogP contribution is -2.41. The van der Waals surface area contributed by atoms with Gasteiger partial charge >= 0.3 is 0 Å². The van der Waals surface area contributed by atoms with Crippen LogP contribution in [0.1, 0.15) is 48.0 Å². The van der Waals surface area contributed by atoms with E-state index < -0.39 is 0 Å². The van der Waals surface area contributed by atoms with Gasteiger partial charge in [-0.05, 0) is 33.6 Å². The molecule has 90 valence electrons. The van der Waals surface area contributed by atoms with E-state index in [1.54, 1.807) is 0 Å². The van der Waals surface area contributed by atoms with Crippen LogP contribution in [0.4, 0.5) is 0 Å². The van der Waals surface area contributed by atoms with Crippen LogP contribution < -0.4 is 10.6 Å². The van der Waals surface area contributed by atoms with Crippen molar-refractivity contribution in [1.29, 1.82) is 0 Å². The number of carbonyl (C=O) groups is 1. The maximum Gasteiger partial charge on any atom is 0.221 e. The summed E-state index contributed by atoms with van der Waals surface area (Å²) in [7, 11) is 0. The van der Waals surface area contributed by atoms with Gasteiger partial charge in [-0.1, -0.05) is 13.8 Å². The third-order valence-electron chi connectivity index (χ3n) is 2.49. The van der Waals surface area contributed by atoms with Gasteiger partial charge in [0, 0.05) is 24.5 Å². The molecular weight excluding hydrogens is 188 g/mol. The number of amides is 1. The standard InChI is InChI=1S/C12H26N2O/c1-8(2)11(6)14-10(5)7-12(15)13-9(3)4/h8-11,14H,7H2,1-6H3,(H,13,15). The monoisotopic (exact) mass is 214 g/mol. The van der Waals surface area contributed by atoms with Crippen LogP contribution in [0.25, 0.3) is 0 Å². The lowest BCUT2D eigenvalue weighted by atomic mass is 10.0. The molecule has 0 saturated heterocycles. The maximum atomic E-state index is 11.5. The molecule has 15 heavy (non-hydrogen) atoms. The second-order valence-corrected chi connectivity index (χ2v) is 5.03. The zero-order chi connectivity index (χ0) is 12.0. The molecule has 0 bridgehead atoms. The minimum absolute atomic E-state index is 0.126. The Morgan fingerprint density at radius 3 is 2.00 bits per heavy atom. The van der Waals surface area contributed by atoms with Crippen LogP contribution in [0, 0.1) is 5.92 Å². The average molecular weight is 214 g/mol. The van der Waals surface area contributed by atoms with Crippen LogP contribution in [-0.2, 0) is 4.79 Å². The van der Waals surface area contributed by atoms with Crippen molar-refractivity contribution in [3.8, 4) is 0 Å². The zero-order valence-electron chi connectivity index (χ0n) is 10.9. The molecule has 0 aliphatic rings. The fraction of sp³-hybridized carbons (Fsp3) is 0.917. The fourth-order valence-electron chi connectivity index (χ4n) is 1.36. The molecule has 0 rings (SSSR count). The molecule has 3 heteroatoms. The highest BCUT2D eigenvalue weighted by molar-refractivity contribution is 5.76. The minimum Gasteiger partial charge on any atom is -0.354 e. The number of hydrogen-bond acceptors (Lipinski definition) is 2. The Labute approximate surface area is 94.0 Å². The smallest absolute Gasteiger partial charge is 0.221 e. The summed E-state index contributed by atoms with van der Waals surface area (Å²) in [4.78, 5) is 11.5. The third-order valence-corrected chi connectivity index (χ3v) is 2.49. The van der Waals surface area contributed by atoms with Gasteiger partial charge in [0.2, 0.25) is 5.91 Å². The molecule has 0 aromatic heterocycles. The predicted molar refractivity (Wildman–Crippen MR) is 64.8 cm³/mol. The highest BCUT2D eigenvalue weighted by Gasteiger charge is 2.13. The highest BCUT2D eigenvalue weighted by Crippen LogP contribution is 2.03. The first-order valence-corrected chi connectivity index (χ1v) is 5.88. The molecule has 0 aromatic carbocycles. The predicted octanol–water partition coefficient (Wildman–Crippen LogP) is 1.92. The summed E-state index contributed by atoms with van der Waals surface area (Å²) in [6.07, 6.45) is 0.551. The van der Waals surface area contributed by atoms with E-state index in [-0.39, 0.29) is 18.0 Å². The van der Waals surface area contributed by atoms with Gasteiger partial charge in [-0.25, -0.2) is 0 Å². The summed E-state index contributed by atoms with van der Waals surface area (Å²) >= 11 is 0. The van der Waals surface area contributed by atoms with E-state index in [1.165, 1.54) is 0 Å². The summed E-state index contributed by atoms with van der Waals surface area (Å²) in [6, 6.07) is 0.917. The molecule has 3 nitrogen and oxygen atoms in total. The topological polar surface area (TPSA) is 41.1 Å². The Hall–Kier alpha value is -0.570. The molecule has 0 aliphatic heterocycles. The van der Waals surface area contributed by atoms with E-state index in [0.29, 0.717) is 18.4 Å². The van der Waals surface area contributed by atoms with Crippen LogP contribution >= 0.6 is 0 Å². The second kappa shape index (κ2) is 6.83. The van der Waals surface area contributed by atoms with Crippen molar-refractivity contribution in [1.82, 2.24) is 10.6 Å². The van der Waals surface area contributed by atoms with E-state index in [0.717, 1.165) is 0 Å². The van der Waals surface area contributed by atoms with Crippen molar-refractivity contribution in [2.45, 2.75) is 66.1 Å². The first-order chi connectivity index (χ1) is 6.82. The number of rotatable bonds is 6. The average Bonchev–Trinajstić information content (AvgIpc) is 2.00. The number of hydrogen-bond donors (Lipinski definition) is 2. The van der Waals surface area contributed by atoms with E-state index in [1.807, 2.05) is 13.8 Å². The first-order valence-electron chi connectivity index (χ1n) is 5.88. The summed E-state index contributed by atoms with van der Waals surface area (Å²) in [5.41, 5.74) is 0. The molecule has 2 unspecified atom stereocenters. The van der Waals surface area contributed by atoms with Crippen LogP contribution in [0.3, 0.4) is 0 Å². The zero-order valence-corrected chi connectivity index (χ0v) is 10.9. The Morgan fingerprint density at radius 2 is 1.60 bits per heavy atom. The first kappa shape index (κ1) is 14.4. The van der Waals surface area contributed by atoms with Crippen LogP contribution in [-0.4, -0.2) is 24.0 Å². The van der Waals surface area contributed by atoms with Gasteiger partial charge in [0.05, 0.1) is 0 Å². The molecule has 1 amide bonds. The van der Waals surface area contributed by atoms with Crippen molar-refractivity contribution in [3.05, 3.63) is 0 Å². The molecule has 2 atom stereocenters. The highest BCUT2D eigenvalue weighted by atomic mass is 16.1. The lowest BCUT2D eigenvalue weighted by Gasteiger charge is -2.22. The summed E-state index contributed by atoms with van der Waals surface area (Å²) in [6.45, 7) is 12.5. The summed E-state index contributed by atoms with van der Waals surface area (Å²) < 4.78 is 0. The van der Waals surface area contributed by atoms with Crippen LogP contribution in [0.2, 0.25) is 0 Å². The quantitative estimate of drug-likeness (QED) is 0.709. The van der Waals surface area contributed by atoms with E-state index in [2.05, 4.69) is 38.3 Å². The number of carbonyl (C=O) groups excluding carboxylic acids is 1. The van der Waals surface area contributed by atoms with Crippen molar-refractivity contribution < 1.29 is 4.79 Å². The molecule has 0 aliphatic carbocycles. The Balaban J connectivity index is 3.82. The van der Waals surface area contributed by atoms with Crippen molar-refractivity contribution >= 4 is 5.91 Å². The van der Waals surface area contributed by atoms with Gasteiger partial charge in [-0.3, -0.25) is 4.79 Å². The second-order valence-electron chi connectivity index (χ2n) is 5.03. The SMILES string of the molecule is CC(C)NC(=O)CC(C)NC(C)C(C)C. The molecule has 0 aromatic rings. The Bertz CT molecular complexity index is 190. The normalized spacial score (nSPS) is 15.5. The van der Waals surface area contributed by atoms with Crippen molar-refractivity contribution in [2.24, 2.45) is 5.92 Å². The summed E-state index contributed by atoms with van der Waals surface area (Å²) in [5, 5.41) is 6.32. The van der Waals surface area contributed by atoms with Crippen molar-refractivity contribution in [2.75, 3.05) is 0 Å². The number of nitrogens with one attached hydrogen (secondary N) is 2. The van der Waals surface area contributed by atoms with Crippen molar-refractivity contribution in [3.63, 3.8) is 0 Å². The molecule has 0 spiro atoms. The molecular formula is C12H26N2O. The van der Waals surface area contributed by atoms with Gasteiger partial charge < -0.3 is 10.6 Å². The van der Waals surface area contributed by atoms with Crippen LogP contribution in [0.15, 0.2) is 0 Å². The fourth-order valence-corrected chi connectivity index (χ4v) is 1.36.